The first-order valence-corrected chi connectivity index (χ1v) is 4.92. The van der Waals surface area contributed by atoms with Gasteiger partial charge in [-0.2, -0.15) is 0 Å². The van der Waals surface area contributed by atoms with Crippen LogP contribution in [0.3, 0.4) is 0 Å². The van der Waals surface area contributed by atoms with Gasteiger partial charge in [-0.3, -0.25) is 4.79 Å². The van der Waals surface area contributed by atoms with E-state index in [4.69, 9.17) is 4.74 Å². The van der Waals surface area contributed by atoms with E-state index in [9.17, 15) is 4.79 Å². The zero-order chi connectivity index (χ0) is 11.1. The first kappa shape index (κ1) is 11.3. The van der Waals surface area contributed by atoms with Crippen molar-refractivity contribution in [3.05, 3.63) is 36.4 Å². The molecule has 1 rings (SSSR count). The van der Waals surface area contributed by atoms with Crippen molar-refractivity contribution in [3.63, 3.8) is 0 Å². The minimum Gasteiger partial charge on any atom is -0.494 e. The summed E-state index contributed by atoms with van der Waals surface area (Å²) in [5.74, 6) is 0.684. The third-order valence-corrected chi connectivity index (χ3v) is 1.75. The van der Waals surface area contributed by atoms with Crippen molar-refractivity contribution in [1.82, 2.24) is 0 Å². The van der Waals surface area contributed by atoms with Crippen LogP contribution < -0.4 is 10.1 Å². The smallest absolute Gasteiger partial charge is 0.248 e. The van der Waals surface area contributed by atoms with Gasteiger partial charge in [-0.05, 0) is 44.2 Å². The summed E-state index contributed by atoms with van der Waals surface area (Å²) < 4.78 is 5.29. The molecule has 0 radical (unpaired) electrons. The zero-order valence-corrected chi connectivity index (χ0v) is 8.99. The molecule has 0 unspecified atom stereocenters. The molecule has 0 aliphatic carbocycles. The highest BCUT2D eigenvalue weighted by Crippen LogP contribution is 2.15. The Balaban J connectivity index is 2.60. The molecule has 1 aromatic rings. The van der Waals surface area contributed by atoms with Crippen LogP contribution in [0.2, 0.25) is 0 Å². The number of anilines is 1. The number of benzene rings is 1. The number of allylic oxidation sites excluding steroid dienone is 1. The summed E-state index contributed by atoms with van der Waals surface area (Å²) in [5, 5.41) is 2.73. The molecule has 1 aromatic carbocycles. The highest BCUT2D eigenvalue weighted by atomic mass is 16.5. The maximum absolute atomic E-state index is 11.2. The number of rotatable bonds is 4. The number of ether oxygens (including phenoxy) is 1. The molecule has 80 valence electrons. The third kappa shape index (κ3) is 3.85. The van der Waals surface area contributed by atoms with Crippen molar-refractivity contribution in [2.75, 3.05) is 11.9 Å². The van der Waals surface area contributed by atoms with Crippen LogP contribution in [0, 0.1) is 0 Å². The molecule has 0 saturated carbocycles. The lowest BCUT2D eigenvalue weighted by atomic mass is 10.3. The third-order valence-electron chi connectivity index (χ3n) is 1.75. The fourth-order valence-electron chi connectivity index (χ4n) is 1.14. The summed E-state index contributed by atoms with van der Waals surface area (Å²) in [6, 6.07) is 7.28. The molecular weight excluding hydrogens is 190 g/mol. The summed E-state index contributed by atoms with van der Waals surface area (Å²) in [5.41, 5.74) is 0.765. The van der Waals surface area contributed by atoms with E-state index < -0.39 is 0 Å². The Bertz CT molecular complexity index is 341. The van der Waals surface area contributed by atoms with Gasteiger partial charge in [0.1, 0.15) is 5.75 Å². The van der Waals surface area contributed by atoms with E-state index in [1.807, 2.05) is 31.2 Å². The molecule has 0 aromatic heterocycles. The molecule has 0 bridgehead atoms. The second-order valence-corrected chi connectivity index (χ2v) is 2.95. The van der Waals surface area contributed by atoms with Crippen molar-refractivity contribution >= 4 is 11.6 Å². The number of hydrogen-bond acceptors (Lipinski definition) is 2. The minimum absolute atomic E-state index is 0.123. The second kappa shape index (κ2) is 5.86. The predicted octanol–water partition coefficient (Wildman–Crippen LogP) is 2.60. The number of amides is 1. The Kier molecular flexibility index (Phi) is 4.41. The van der Waals surface area contributed by atoms with Crippen LogP contribution in [0.1, 0.15) is 13.8 Å². The average Bonchev–Trinajstić information content (AvgIpc) is 2.22. The first-order chi connectivity index (χ1) is 7.26. The van der Waals surface area contributed by atoms with Gasteiger partial charge in [-0.1, -0.05) is 6.08 Å². The summed E-state index contributed by atoms with van der Waals surface area (Å²) in [6.07, 6.45) is 3.18. The molecule has 0 fully saturated rings. The topological polar surface area (TPSA) is 38.3 Å². The molecule has 0 atom stereocenters. The average molecular weight is 205 g/mol. The highest BCUT2D eigenvalue weighted by Gasteiger charge is 1.97. The monoisotopic (exact) mass is 205 g/mol. The first-order valence-electron chi connectivity index (χ1n) is 4.92. The molecule has 0 aliphatic rings. The summed E-state index contributed by atoms with van der Waals surface area (Å²) >= 11 is 0. The van der Waals surface area contributed by atoms with E-state index >= 15 is 0 Å². The molecule has 15 heavy (non-hydrogen) atoms. The van der Waals surface area contributed by atoms with E-state index in [2.05, 4.69) is 5.32 Å². The van der Waals surface area contributed by atoms with Gasteiger partial charge in [0.15, 0.2) is 0 Å². The van der Waals surface area contributed by atoms with Gasteiger partial charge in [0.25, 0.3) is 0 Å². The van der Waals surface area contributed by atoms with E-state index in [0.717, 1.165) is 11.4 Å². The number of carbonyl (C=O) groups excluding carboxylic acids is 1. The predicted molar refractivity (Wildman–Crippen MR) is 61.1 cm³/mol. The van der Waals surface area contributed by atoms with Crippen LogP contribution in [-0.2, 0) is 4.79 Å². The number of carbonyl (C=O) groups is 1. The van der Waals surface area contributed by atoms with Crippen LogP contribution in [-0.4, -0.2) is 12.5 Å². The van der Waals surface area contributed by atoms with Gasteiger partial charge in [0, 0.05) is 5.69 Å². The SMILES string of the molecule is CC=CC(=O)Nc1ccc(OCC)cc1. The van der Waals surface area contributed by atoms with E-state index in [-0.39, 0.29) is 5.91 Å². The van der Waals surface area contributed by atoms with Gasteiger partial charge in [-0.25, -0.2) is 0 Å². The number of nitrogens with one attached hydrogen (secondary N) is 1. The summed E-state index contributed by atoms with van der Waals surface area (Å²) in [7, 11) is 0. The molecule has 0 aliphatic heterocycles. The largest absolute Gasteiger partial charge is 0.494 e. The van der Waals surface area contributed by atoms with Crippen LogP contribution in [0.4, 0.5) is 5.69 Å². The molecule has 1 amide bonds. The van der Waals surface area contributed by atoms with Crippen molar-refractivity contribution in [1.29, 1.82) is 0 Å². The molecule has 0 saturated heterocycles. The Labute approximate surface area is 89.8 Å². The van der Waals surface area contributed by atoms with Crippen molar-refractivity contribution in [2.24, 2.45) is 0 Å². The maximum atomic E-state index is 11.2. The van der Waals surface area contributed by atoms with Crippen LogP contribution in [0.25, 0.3) is 0 Å². The standard InChI is InChI=1S/C12H15NO2/c1-3-5-12(14)13-10-6-8-11(9-7-10)15-4-2/h3,5-9H,4H2,1-2H3,(H,13,14). The Morgan fingerprint density at radius 3 is 2.60 bits per heavy atom. The zero-order valence-electron chi connectivity index (χ0n) is 8.99. The van der Waals surface area contributed by atoms with Gasteiger partial charge < -0.3 is 10.1 Å². The molecule has 0 heterocycles. The summed E-state index contributed by atoms with van der Waals surface area (Å²) in [4.78, 5) is 11.2. The minimum atomic E-state index is -0.123. The van der Waals surface area contributed by atoms with Gasteiger partial charge in [-0.15, -0.1) is 0 Å². The van der Waals surface area contributed by atoms with Gasteiger partial charge in [0.2, 0.25) is 5.91 Å². The maximum Gasteiger partial charge on any atom is 0.248 e. The normalized spacial score (nSPS) is 10.3. The molecule has 3 heteroatoms. The Morgan fingerprint density at radius 2 is 2.07 bits per heavy atom. The fourth-order valence-corrected chi connectivity index (χ4v) is 1.14. The van der Waals surface area contributed by atoms with Gasteiger partial charge in [0.05, 0.1) is 6.61 Å². The highest BCUT2D eigenvalue weighted by molar-refractivity contribution is 5.99. The van der Waals surface area contributed by atoms with Gasteiger partial charge >= 0.3 is 0 Å². The lowest BCUT2D eigenvalue weighted by molar-refractivity contribution is -0.111. The second-order valence-electron chi connectivity index (χ2n) is 2.95. The van der Waals surface area contributed by atoms with Crippen molar-refractivity contribution in [2.45, 2.75) is 13.8 Å². The number of hydrogen-bond donors (Lipinski definition) is 1. The van der Waals surface area contributed by atoms with E-state index in [0.29, 0.717) is 6.61 Å². The lowest BCUT2D eigenvalue weighted by Gasteiger charge is -2.05. The van der Waals surface area contributed by atoms with Crippen LogP contribution in [0.5, 0.6) is 5.75 Å². The molecule has 3 nitrogen and oxygen atoms in total. The van der Waals surface area contributed by atoms with Crippen molar-refractivity contribution in [3.8, 4) is 5.75 Å². The Hall–Kier alpha value is -1.77. The summed E-state index contributed by atoms with van der Waals surface area (Å²) in [6.45, 7) is 4.38. The molecular formula is C12H15NO2. The molecule has 0 spiro atoms. The van der Waals surface area contributed by atoms with E-state index in [1.54, 1.807) is 13.0 Å². The molecule has 1 N–H and O–H groups in total. The Morgan fingerprint density at radius 1 is 1.40 bits per heavy atom. The van der Waals surface area contributed by atoms with Crippen molar-refractivity contribution < 1.29 is 9.53 Å². The quantitative estimate of drug-likeness (QED) is 0.767. The lowest BCUT2D eigenvalue weighted by Crippen LogP contribution is -2.07. The van der Waals surface area contributed by atoms with E-state index in [1.165, 1.54) is 6.08 Å². The fraction of sp³-hybridized carbons (Fsp3) is 0.250. The van der Waals surface area contributed by atoms with Crippen LogP contribution >= 0.6 is 0 Å². The van der Waals surface area contributed by atoms with Crippen LogP contribution in [0.15, 0.2) is 36.4 Å².